The SMILES string of the molecule is Cc1cc(-c2cccc(S(C)(=O)=O)c2)ccc1-n1cc(C(=O)NC(F)(F)F)nc1-c1c(Cl)cccc1Cl. The number of sulfone groups is 1. The highest BCUT2D eigenvalue weighted by molar-refractivity contribution is 7.90. The van der Waals surface area contributed by atoms with Gasteiger partial charge in [0.2, 0.25) is 0 Å². The van der Waals surface area contributed by atoms with Crippen molar-refractivity contribution in [2.45, 2.75) is 18.1 Å². The van der Waals surface area contributed by atoms with E-state index in [1.54, 1.807) is 61.5 Å². The summed E-state index contributed by atoms with van der Waals surface area (Å²) in [5.74, 6) is -1.37. The minimum absolute atomic E-state index is 0.0675. The van der Waals surface area contributed by atoms with E-state index in [4.69, 9.17) is 23.2 Å². The zero-order valence-electron chi connectivity index (χ0n) is 19.3. The van der Waals surface area contributed by atoms with Crippen molar-refractivity contribution in [1.82, 2.24) is 14.9 Å². The first-order chi connectivity index (χ1) is 17.2. The fourth-order valence-electron chi connectivity index (χ4n) is 3.77. The lowest BCUT2D eigenvalue weighted by atomic mass is 10.0. The number of alkyl halides is 3. The van der Waals surface area contributed by atoms with E-state index in [1.807, 2.05) is 0 Å². The van der Waals surface area contributed by atoms with Crippen molar-refractivity contribution in [2.24, 2.45) is 0 Å². The van der Waals surface area contributed by atoms with Gasteiger partial charge in [0.05, 0.1) is 26.2 Å². The Morgan fingerprint density at radius 2 is 1.59 bits per heavy atom. The minimum Gasteiger partial charge on any atom is -0.299 e. The lowest BCUT2D eigenvalue weighted by Crippen LogP contribution is -2.37. The molecule has 0 unspecified atom stereocenters. The van der Waals surface area contributed by atoms with E-state index in [0.717, 1.165) is 11.6 Å². The minimum atomic E-state index is -4.94. The molecule has 0 radical (unpaired) electrons. The lowest BCUT2D eigenvalue weighted by molar-refractivity contribution is -0.146. The predicted molar refractivity (Wildman–Crippen MR) is 136 cm³/mol. The predicted octanol–water partition coefficient (Wildman–Crippen LogP) is 6.47. The van der Waals surface area contributed by atoms with Gasteiger partial charge >= 0.3 is 6.30 Å². The Kier molecular flexibility index (Phi) is 7.11. The fraction of sp³-hybridized carbons (Fsp3) is 0.120. The molecule has 4 aromatic rings. The van der Waals surface area contributed by atoms with E-state index in [0.29, 0.717) is 22.4 Å². The number of carbonyl (C=O) groups excluding carboxylic acids is 1. The van der Waals surface area contributed by atoms with Crippen LogP contribution in [0.2, 0.25) is 10.0 Å². The van der Waals surface area contributed by atoms with Crippen LogP contribution in [-0.2, 0) is 9.84 Å². The Labute approximate surface area is 220 Å². The van der Waals surface area contributed by atoms with Crippen molar-refractivity contribution in [3.63, 3.8) is 0 Å². The van der Waals surface area contributed by atoms with Crippen LogP contribution in [0.4, 0.5) is 13.2 Å². The molecule has 1 aromatic heterocycles. The van der Waals surface area contributed by atoms with Gasteiger partial charge in [-0.3, -0.25) is 14.7 Å². The second kappa shape index (κ2) is 9.85. The van der Waals surface area contributed by atoms with Gasteiger partial charge < -0.3 is 0 Å². The maximum absolute atomic E-state index is 12.8. The number of halogens is 5. The molecule has 37 heavy (non-hydrogen) atoms. The van der Waals surface area contributed by atoms with E-state index in [2.05, 4.69) is 4.98 Å². The van der Waals surface area contributed by atoms with Crippen LogP contribution < -0.4 is 5.32 Å². The van der Waals surface area contributed by atoms with Crippen LogP contribution in [0, 0.1) is 6.92 Å². The average Bonchev–Trinajstić information content (AvgIpc) is 3.22. The van der Waals surface area contributed by atoms with Gasteiger partial charge in [-0.15, -0.1) is 0 Å². The van der Waals surface area contributed by atoms with Gasteiger partial charge in [-0.2, -0.15) is 13.2 Å². The molecule has 3 aromatic carbocycles. The standard InChI is InChI=1S/C25H18Cl2F3N3O3S/c1-14-11-16(15-5-3-6-17(12-15)37(2,35)36)9-10-21(14)33-13-20(24(34)32-25(28,29)30)31-23(33)22-18(26)7-4-8-19(22)27/h3-13H,1-2H3,(H,32,34). The topological polar surface area (TPSA) is 81.1 Å². The number of aromatic nitrogens is 2. The van der Waals surface area contributed by atoms with Crippen molar-refractivity contribution in [2.75, 3.05) is 6.26 Å². The largest absolute Gasteiger partial charge is 0.484 e. The molecule has 192 valence electrons. The molecule has 0 bridgehead atoms. The number of nitrogens with zero attached hydrogens (tertiary/aromatic N) is 2. The molecule has 0 atom stereocenters. The third-order valence-electron chi connectivity index (χ3n) is 5.43. The van der Waals surface area contributed by atoms with Gasteiger partial charge in [0, 0.05) is 12.5 Å². The maximum atomic E-state index is 12.8. The zero-order chi connectivity index (χ0) is 27.1. The Balaban J connectivity index is 1.86. The number of rotatable bonds is 5. The van der Waals surface area contributed by atoms with Gasteiger partial charge in [0.15, 0.2) is 9.84 Å². The quantitative estimate of drug-likeness (QED) is 0.280. The van der Waals surface area contributed by atoms with Crippen LogP contribution in [-0.4, -0.2) is 36.4 Å². The normalized spacial score (nSPS) is 12.0. The molecule has 6 nitrogen and oxygen atoms in total. The van der Waals surface area contributed by atoms with Gasteiger partial charge in [-0.1, -0.05) is 47.5 Å². The van der Waals surface area contributed by atoms with Crippen molar-refractivity contribution in [3.8, 4) is 28.2 Å². The number of amides is 1. The van der Waals surface area contributed by atoms with Crippen LogP contribution in [0.5, 0.6) is 0 Å². The first-order valence-corrected chi connectivity index (χ1v) is 13.2. The van der Waals surface area contributed by atoms with Gasteiger partial charge in [0.25, 0.3) is 5.91 Å². The summed E-state index contributed by atoms with van der Waals surface area (Å²) in [6.07, 6.45) is -2.66. The molecule has 0 saturated carbocycles. The molecule has 1 N–H and O–H groups in total. The first-order valence-electron chi connectivity index (χ1n) is 10.6. The molecule has 0 aliphatic heterocycles. The Morgan fingerprint density at radius 1 is 0.973 bits per heavy atom. The number of imidazole rings is 1. The Morgan fingerprint density at radius 3 is 2.19 bits per heavy atom. The molecule has 0 saturated heterocycles. The number of hydrogen-bond acceptors (Lipinski definition) is 4. The van der Waals surface area contributed by atoms with Gasteiger partial charge in [-0.05, 0) is 60.0 Å². The number of hydrogen-bond donors (Lipinski definition) is 1. The summed E-state index contributed by atoms with van der Waals surface area (Å²) < 4.78 is 63.7. The van der Waals surface area contributed by atoms with E-state index in [9.17, 15) is 26.4 Å². The first kappa shape index (κ1) is 26.7. The van der Waals surface area contributed by atoms with Crippen molar-refractivity contribution >= 4 is 38.9 Å². The van der Waals surface area contributed by atoms with Crippen LogP contribution in [0.25, 0.3) is 28.2 Å². The summed E-state index contributed by atoms with van der Waals surface area (Å²) in [5, 5.41) is 1.32. The highest BCUT2D eigenvalue weighted by Crippen LogP contribution is 2.36. The molecule has 0 fully saturated rings. The molecule has 12 heteroatoms. The van der Waals surface area contributed by atoms with Crippen molar-refractivity contribution in [1.29, 1.82) is 0 Å². The molecule has 0 aliphatic carbocycles. The average molecular weight is 568 g/mol. The third kappa shape index (κ3) is 5.82. The molecule has 1 heterocycles. The molecule has 4 rings (SSSR count). The van der Waals surface area contributed by atoms with Crippen LogP contribution in [0.3, 0.4) is 0 Å². The summed E-state index contributed by atoms with van der Waals surface area (Å²) in [6, 6.07) is 16.3. The van der Waals surface area contributed by atoms with E-state index in [-0.39, 0.29) is 26.3 Å². The van der Waals surface area contributed by atoms with E-state index >= 15 is 0 Å². The Bertz CT molecular complexity index is 1610. The van der Waals surface area contributed by atoms with E-state index < -0.39 is 27.7 Å². The summed E-state index contributed by atoms with van der Waals surface area (Å²) in [4.78, 5) is 16.6. The van der Waals surface area contributed by atoms with Crippen LogP contribution >= 0.6 is 23.2 Å². The third-order valence-corrected chi connectivity index (χ3v) is 7.17. The molecule has 0 spiro atoms. The lowest BCUT2D eigenvalue weighted by Gasteiger charge is -2.14. The molecule has 0 aliphatic rings. The number of aryl methyl sites for hydroxylation is 1. The maximum Gasteiger partial charge on any atom is 0.484 e. The number of carbonyl (C=O) groups is 1. The smallest absolute Gasteiger partial charge is 0.299 e. The molecular formula is C25H18Cl2F3N3O3S. The summed E-state index contributed by atoms with van der Waals surface area (Å²) in [7, 11) is -3.41. The van der Waals surface area contributed by atoms with Crippen molar-refractivity contribution in [3.05, 3.63) is 88.2 Å². The number of benzene rings is 3. The zero-order valence-corrected chi connectivity index (χ0v) is 21.6. The van der Waals surface area contributed by atoms with Gasteiger partial charge in [-0.25, -0.2) is 13.4 Å². The number of nitrogens with one attached hydrogen (secondary N) is 1. The highest BCUT2D eigenvalue weighted by atomic mass is 35.5. The van der Waals surface area contributed by atoms with Crippen molar-refractivity contribution < 1.29 is 26.4 Å². The highest BCUT2D eigenvalue weighted by Gasteiger charge is 2.32. The van der Waals surface area contributed by atoms with Crippen LogP contribution in [0.1, 0.15) is 16.1 Å². The Hall–Kier alpha value is -3.34. The second-order valence-electron chi connectivity index (χ2n) is 8.17. The van der Waals surface area contributed by atoms with Crippen LogP contribution in [0.15, 0.2) is 71.8 Å². The second-order valence-corrected chi connectivity index (χ2v) is 11.0. The summed E-state index contributed by atoms with van der Waals surface area (Å²) >= 11 is 12.7. The molecule has 1 amide bonds. The van der Waals surface area contributed by atoms with Gasteiger partial charge in [0.1, 0.15) is 11.5 Å². The summed E-state index contributed by atoms with van der Waals surface area (Å²) in [5.41, 5.74) is 2.26. The van der Waals surface area contributed by atoms with E-state index in [1.165, 1.54) is 16.8 Å². The fourth-order valence-corrected chi connectivity index (χ4v) is 5.00. The monoisotopic (exact) mass is 567 g/mol. The molecular weight excluding hydrogens is 550 g/mol. The summed E-state index contributed by atoms with van der Waals surface area (Å²) in [6.45, 7) is 1.76.